The minimum absolute atomic E-state index is 0.383. The van der Waals surface area contributed by atoms with Crippen LogP contribution in [0.4, 0.5) is 0 Å². The molecule has 356 valence electrons. The van der Waals surface area contributed by atoms with Crippen LogP contribution in [0.25, 0.3) is 106 Å². The molecule has 6 nitrogen and oxygen atoms in total. The van der Waals surface area contributed by atoms with Crippen molar-refractivity contribution < 1.29 is 32.9 Å². The van der Waals surface area contributed by atoms with Crippen molar-refractivity contribution in [3.8, 4) is 40.1 Å². The molecular formula is C69H46N6Si. The van der Waals surface area contributed by atoms with Crippen molar-refractivity contribution in [1.82, 2.24) is 28.7 Å². The average molecular weight is 1010 g/mol. The Morgan fingerprint density at radius 1 is 0.316 bits per heavy atom. The smallest absolute Gasteiger partial charge is 0.238 e. The normalized spacial score (nSPS) is 16.4. The van der Waals surface area contributed by atoms with Gasteiger partial charge in [-0.2, -0.15) is 9.97 Å². The van der Waals surface area contributed by atoms with Crippen LogP contribution >= 0.6 is 0 Å². The molecule has 0 saturated carbocycles. The molecule has 0 aliphatic carbocycles. The molecule has 0 aliphatic heterocycles. The zero-order chi connectivity index (χ0) is 71.0. The Labute approximate surface area is 473 Å². The highest BCUT2D eigenvalue weighted by atomic mass is 28.3. The first-order valence-corrected chi connectivity index (χ1v) is 25.9. The van der Waals surface area contributed by atoms with E-state index >= 15 is 0 Å². The van der Waals surface area contributed by atoms with E-state index in [4.69, 9.17) is 31.4 Å². The van der Waals surface area contributed by atoms with E-state index in [9.17, 15) is 16.4 Å². The van der Waals surface area contributed by atoms with Crippen molar-refractivity contribution in [3.05, 3.63) is 278 Å². The van der Waals surface area contributed by atoms with Gasteiger partial charge in [0.2, 0.25) is 5.95 Å². The summed E-state index contributed by atoms with van der Waals surface area (Å²) in [5, 5.41) is 0.618. The molecule has 0 fully saturated rings. The lowest BCUT2D eigenvalue weighted by Gasteiger charge is -2.34. The maximum absolute atomic E-state index is 10.7. The molecular weight excluding hydrogens is 941 g/mol. The molecule has 0 unspecified atom stereocenters. The minimum atomic E-state index is -6.41. The van der Waals surface area contributed by atoms with Crippen LogP contribution in [0.5, 0.6) is 0 Å². The molecule has 15 rings (SSSR count). The van der Waals surface area contributed by atoms with E-state index in [-0.39, 0.29) is 0 Å². The number of nitrogens with zero attached hydrogens (tertiary/aromatic N) is 6. The van der Waals surface area contributed by atoms with Gasteiger partial charge in [0, 0.05) is 43.4 Å². The summed E-state index contributed by atoms with van der Waals surface area (Å²) in [5.74, 6) is -1.96. The standard InChI is InChI=1S/C69H46N6Si/c1-5-24-47(25-6-1)67-70-68(48-26-21-33-52(46-48)76(49-27-7-2-8-28-49,50-29-9-3-10-30-50)51-31-11-4-12-32-51)72-69(71-67)75-60-41-19-15-36-55(60)56-38-22-45-64(66(56)75)74-61-42-20-16-37-57(61)65-62(43-23-44-63(65)74)73-58-39-17-13-34-53(58)54-35-14-18-40-59(54)73/h1-46H/i1D,2D,3D,4D,5D,6D,7D,8D,9D,10D,11D,12D,21D,24D,25D,26D,27D,28D,29D,30D,31D,32D,33D,46D. The second-order valence-corrected chi connectivity index (χ2v) is 21.2. The van der Waals surface area contributed by atoms with Crippen LogP contribution in [0, 0.1) is 0 Å². The zero-order valence-electron chi connectivity index (χ0n) is 63.4. The van der Waals surface area contributed by atoms with E-state index in [1.165, 1.54) is 0 Å². The fourth-order valence-corrected chi connectivity index (χ4v) is 14.3. The van der Waals surface area contributed by atoms with Crippen LogP contribution in [-0.2, 0) is 0 Å². The summed E-state index contributed by atoms with van der Waals surface area (Å²) in [4.78, 5) is 14.7. The molecule has 0 aliphatic rings. The number of para-hydroxylation sites is 5. The Kier molecular flexibility index (Phi) is 5.99. The van der Waals surface area contributed by atoms with Gasteiger partial charge in [-0.3, -0.25) is 4.57 Å². The van der Waals surface area contributed by atoms with Gasteiger partial charge in [-0.1, -0.05) is 236 Å². The van der Waals surface area contributed by atoms with E-state index in [1.54, 1.807) is 22.8 Å². The fraction of sp³-hybridized carbons (Fsp3) is 0. The molecule has 0 bridgehead atoms. The second-order valence-electron chi connectivity index (χ2n) is 17.7. The van der Waals surface area contributed by atoms with Gasteiger partial charge >= 0.3 is 0 Å². The van der Waals surface area contributed by atoms with Crippen molar-refractivity contribution in [3.63, 3.8) is 0 Å². The summed E-state index contributed by atoms with van der Waals surface area (Å²) in [6.45, 7) is 0. The third kappa shape index (κ3) is 6.62. The molecule has 0 spiro atoms. The van der Waals surface area contributed by atoms with E-state index in [0.717, 1.165) is 49.3 Å². The van der Waals surface area contributed by atoms with E-state index in [2.05, 4.69) is 39.5 Å². The first-order valence-electron chi connectivity index (χ1n) is 35.9. The number of rotatable bonds is 9. The molecule has 76 heavy (non-hydrogen) atoms. The first kappa shape index (κ1) is 25.8. The van der Waals surface area contributed by atoms with Gasteiger partial charge in [0.05, 0.1) is 77.4 Å². The van der Waals surface area contributed by atoms with Crippen molar-refractivity contribution in [2.75, 3.05) is 0 Å². The first-order chi connectivity index (χ1) is 47.7. The Balaban J connectivity index is 1.12. The highest BCUT2D eigenvalue weighted by molar-refractivity contribution is 7.19. The van der Waals surface area contributed by atoms with E-state index in [0.29, 0.717) is 27.5 Å². The fourth-order valence-electron chi connectivity index (χ4n) is 10.8. The van der Waals surface area contributed by atoms with Gasteiger partial charge in [-0.25, -0.2) is 4.98 Å². The number of benzene rings is 11. The molecule has 0 N–H and O–H groups in total. The maximum Gasteiger partial charge on any atom is 0.238 e. The van der Waals surface area contributed by atoms with Gasteiger partial charge < -0.3 is 9.13 Å². The summed E-state index contributed by atoms with van der Waals surface area (Å²) < 4.78 is 231. The topological polar surface area (TPSA) is 53.5 Å². The van der Waals surface area contributed by atoms with Gasteiger partial charge in [0.15, 0.2) is 19.7 Å². The maximum atomic E-state index is 10.7. The van der Waals surface area contributed by atoms with Crippen LogP contribution in [0.2, 0.25) is 0 Å². The van der Waals surface area contributed by atoms with Gasteiger partial charge in [0.1, 0.15) is 0 Å². The van der Waals surface area contributed by atoms with Crippen molar-refractivity contribution in [2.45, 2.75) is 0 Å². The molecule has 0 saturated heterocycles. The minimum Gasteiger partial charge on any atom is -0.309 e. The lowest BCUT2D eigenvalue weighted by Crippen LogP contribution is -2.74. The van der Waals surface area contributed by atoms with E-state index in [1.807, 2.05) is 84.9 Å². The molecule has 0 atom stereocenters. The van der Waals surface area contributed by atoms with E-state index < -0.39 is 203 Å². The number of hydrogen-bond acceptors (Lipinski definition) is 3. The Morgan fingerprint density at radius 3 is 1.32 bits per heavy atom. The molecule has 0 radical (unpaired) electrons. The van der Waals surface area contributed by atoms with Gasteiger partial charge in [0.25, 0.3) is 0 Å². The van der Waals surface area contributed by atoms with Crippen molar-refractivity contribution in [2.24, 2.45) is 0 Å². The lowest BCUT2D eigenvalue weighted by atomic mass is 10.1. The van der Waals surface area contributed by atoms with Crippen LogP contribution in [0.15, 0.2) is 278 Å². The van der Waals surface area contributed by atoms with Crippen LogP contribution in [0.1, 0.15) is 32.9 Å². The molecule has 7 heteroatoms. The summed E-state index contributed by atoms with van der Waals surface area (Å²) in [6, 6.07) is 16.5. The predicted molar refractivity (Wildman–Crippen MR) is 317 cm³/mol. The van der Waals surface area contributed by atoms with Crippen molar-refractivity contribution in [1.29, 1.82) is 0 Å². The lowest BCUT2D eigenvalue weighted by molar-refractivity contribution is 0.950. The largest absolute Gasteiger partial charge is 0.309 e. The predicted octanol–water partition coefficient (Wildman–Crippen LogP) is 13.9. The molecule has 15 aromatic rings. The second kappa shape index (κ2) is 17.6. The van der Waals surface area contributed by atoms with Crippen LogP contribution in [-0.4, -0.2) is 36.7 Å². The average Bonchev–Trinajstić information content (AvgIpc) is 1.05. The summed E-state index contributed by atoms with van der Waals surface area (Å²) in [5.41, 5.74) is 3.94. The van der Waals surface area contributed by atoms with Crippen LogP contribution in [0.3, 0.4) is 0 Å². The van der Waals surface area contributed by atoms with Crippen molar-refractivity contribution >= 4 is 94.2 Å². The molecule has 4 aromatic heterocycles. The Morgan fingerprint density at radius 2 is 0.724 bits per heavy atom. The third-order valence-corrected chi connectivity index (χ3v) is 17.8. The highest BCUT2D eigenvalue weighted by Crippen LogP contribution is 2.43. The molecule has 4 heterocycles. The Hall–Kier alpha value is -9.95. The zero-order valence-corrected chi connectivity index (χ0v) is 40.4. The highest BCUT2D eigenvalue weighted by Gasteiger charge is 2.41. The number of aromatic nitrogens is 6. The number of hydrogen-bond donors (Lipinski definition) is 0. The molecule has 11 aromatic carbocycles. The SMILES string of the molecule is [2H]c1c([2H])c([2H])c(-c2nc(-c3c([2H])c([2H])c([2H])c([Si](c4c([2H])c([2H])c([2H])c([2H])c4[2H])(c4c([2H])c([2H])c([2H])c([2H])c4[2H])c4c([2H])c([2H])c([2H])c([2H])c4[2H])c3[2H])nc(-n3c4ccccc4c4cccc(-n5c6ccccc6c6c(-n7c8ccccc8c8ccccc87)cccc65)c43)n2)c([2H])c1[2H]. The number of fused-ring (bicyclic) bond motifs is 9. The molecule has 0 amide bonds. The third-order valence-electron chi connectivity index (χ3n) is 13.8. The summed E-state index contributed by atoms with van der Waals surface area (Å²) >= 11 is 0. The monoisotopic (exact) mass is 1010 g/mol. The Bertz CT molecular complexity index is 5870. The van der Waals surface area contributed by atoms with Gasteiger partial charge in [-0.15, -0.1) is 0 Å². The van der Waals surface area contributed by atoms with Crippen LogP contribution < -0.4 is 20.7 Å². The summed E-state index contributed by atoms with van der Waals surface area (Å²) in [6.07, 6.45) is 0. The van der Waals surface area contributed by atoms with Gasteiger partial charge in [-0.05, 0) is 63.2 Å². The summed E-state index contributed by atoms with van der Waals surface area (Å²) in [7, 11) is -6.41. The quantitative estimate of drug-likeness (QED) is 0.107.